The van der Waals surface area contributed by atoms with Gasteiger partial charge in [0.15, 0.2) is 6.10 Å². The van der Waals surface area contributed by atoms with Gasteiger partial charge >= 0.3 is 0 Å². The number of rotatable bonds is 9. The lowest BCUT2D eigenvalue weighted by Gasteiger charge is -2.12. The Bertz CT molecular complexity index is 1100. The van der Waals surface area contributed by atoms with Crippen LogP contribution in [0.15, 0.2) is 77.9 Å². The summed E-state index contributed by atoms with van der Waals surface area (Å²) < 4.78 is 11.3. The van der Waals surface area contributed by atoms with Gasteiger partial charge in [-0.15, -0.1) is 0 Å². The topological polar surface area (TPSA) is 103 Å². The lowest BCUT2D eigenvalue weighted by atomic mass is 10.2. The number of nitrogens with one attached hydrogen (secondary N) is 1. The maximum absolute atomic E-state index is 12.2. The molecule has 0 radical (unpaired) electrons. The Morgan fingerprint density at radius 3 is 2.53 bits per heavy atom. The summed E-state index contributed by atoms with van der Waals surface area (Å²) in [6.45, 7) is 1.95. The van der Waals surface area contributed by atoms with E-state index in [1.165, 1.54) is 30.5 Å². The van der Waals surface area contributed by atoms with Crippen molar-refractivity contribution in [2.24, 2.45) is 5.10 Å². The molecule has 0 saturated carbocycles. The maximum atomic E-state index is 12.2. The van der Waals surface area contributed by atoms with Crippen LogP contribution < -0.4 is 14.9 Å². The predicted octanol–water partition coefficient (Wildman–Crippen LogP) is 4.74. The van der Waals surface area contributed by atoms with Crippen molar-refractivity contribution in [2.45, 2.75) is 19.6 Å². The molecule has 0 fully saturated rings. The van der Waals surface area contributed by atoms with Crippen LogP contribution in [0.2, 0.25) is 5.02 Å². The van der Waals surface area contributed by atoms with Crippen molar-refractivity contribution in [3.63, 3.8) is 0 Å². The largest absolute Gasteiger partial charge is 0.489 e. The van der Waals surface area contributed by atoms with Crippen LogP contribution in [0.1, 0.15) is 18.1 Å². The zero-order valence-electron chi connectivity index (χ0n) is 17.1. The third-order valence-electron chi connectivity index (χ3n) is 4.29. The van der Waals surface area contributed by atoms with E-state index >= 15 is 0 Å². The summed E-state index contributed by atoms with van der Waals surface area (Å²) in [6, 6.07) is 20.1. The molecule has 0 unspecified atom stereocenters. The predicted molar refractivity (Wildman–Crippen MR) is 121 cm³/mol. The smallest absolute Gasteiger partial charge is 0.280 e. The fraction of sp³-hybridized carbons (Fsp3) is 0.130. The molecule has 1 N–H and O–H groups in total. The van der Waals surface area contributed by atoms with Crippen molar-refractivity contribution in [3.8, 4) is 11.5 Å². The van der Waals surface area contributed by atoms with Gasteiger partial charge in [0.1, 0.15) is 18.1 Å². The lowest BCUT2D eigenvalue weighted by Crippen LogP contribution is -2.33. The molecule has 1 atom stereocenters. The summed E-state index contributed by atoms with van der Waals surface area (Å²) in [4.78, 5) is 22.3. The average molecular weight is 454 g/mol. The van der Waals surface area contributed by atoms with Crippen molar-refractivity contribution in [1.82, 2.24) is 5.43 Å². The van der Waals surface area contributed by atoms with Crippen LogP contribution in [0, 0.1) is 10.1 Å². The van der Waals surface area contributed by atoms with E-state index in [1.807, 2.05) is 30.3 Å². The number of benzene rings is 3. The first-order valence-electron chi connectivity index (χ1n) is 9.62. The Labute approximate surface area is 189 Å². The van der Waals surface area contributed by atoms with Crippen LogP contribution in [-0.2, 0) is 11.4 Å². The quantitative estimate of drug-likeness (QED) is 0.286. The normalized spacial score (nSPS) is 11.7. The summed E-state index contributed by atoms with van der Waals surface area (Å²) in [7, 11) is 0. The summed E-state index contributed by atoms with van der Waals surface area (Å²) in [5.41, 5.74) is 4.08. The van der Waals surface area contributed by atoms with E-state index in [9.17, 15) is 14.9 Å². The van der Waals surface area contributed by atoms with Crippen LogP contribution in [0.4, 0.5) is 5.69 Å². The molecule has 3 aromatic carbocycles. The van der Waals surface area contributed by atoms with Gasteiger partial charge in [-0.2, -0.15) is 5.10 Å². The molecule has 0 spiro atoms. The number of nitro groups is 1. The zero-order valence-corrected chi connectivity index (χ0v) is 17.9. The van der Waals surface area contributed by atoms with Gasteiger partial charge in [0.25, 0.3) is 11.6 Å². The molecule has 3 aromatic rings. The highest BCUT2D eigenvalue weighted by atomic mass is 35.5. The molecule has 8 nitrogen and oxygen atoms in total. The number of hydrogen-bond acceptors (Lipinski definition) is 6. The highest BCUT2D eigenvalue weighted by molar-refractivity contribution is 6.30. The number of nitro benzene ring substituents is 1. The number of halogens is 1. The van der Waals surface area contributed by atoms with E-state index in [0.717, 1.165) is 11.1 Å². The highest BCUT2D eigenvalue weighted by Gasteiger charge is 2.14. The standard InChI is InChI=1S/C23H20ClN3O5/c1-16(32-21-11-9-20(10-12-21)27(29)30)23(28)26-25-14-18-3-2-4-22(13-18)31-15-17-5-7-19(24)8-6-17/h2-14,16H,15H2,1H3,(H,26,28)/b25-14-/t16-/m0/s1. The number of non-ortho nitro benzene ring substituents is 1. The van der Waals surface area contributed by atoms with E-state index < -0.39 is 16.9 Å². The third-order valence-corrected chi connectivity index (χ3v) is 4.55. The second kappa shape index (κ2) is 10.9. The molecule has 1 amide bonds. The molecule has 9 heteroatoms. The lowest BCUT2D eigenvalue weighted by molar-refractivity contribution is -0.384. The second-order valence-electron chi connectivity index (χ2n) is 6.73. The number of ether oxygens (including phenoxy) is 2. The van der Waals surface area contributed by atoms with Crippen LogP contribution in [0.3, 0.4) is 0 Å². The number of hydrogen-bond donors (Lipinski definition) is 1. The van der Waals surface area contributed by atoms with Gasteiger partial charge in [0.2, 0.25) is 0 Å². The Morgan fingerprint density at radius 1 is 1.12 bits per heavy atom. The SMILES string of the molecule is C[C@H](Oc1ccc([N+](=O)[O-])cc1)C(=O)N/N=C\c1cccc(OCc2ccc(Cl)cc2)c1. The average Bonchev–Trinajstić information content (AvgIpc) is 2.79. The van der Waals surface area contributed by atoms with Crippen molar-refractivity contribution in [3.05, 3.63) is 99.1 Å². The van der Waals surface area contributed by atoms with Crippen molar-refractivity contribution in [2.75, 3.05) is 0 Å². The van der Waals surface area contributed by atoms with E-state index in [-0.39, 0.29) is 5.69 Å². The van der Waals surface area contributed by atoms with Gasteiger partial charge in [-0.05, 0) is 54.4 Å². The molecular weight excluding hydrogens is 434 g/mol. The van der Waals surface area contributed by atoms with Crippen molar-refractivity contribution in [1.29, 1.82) is 0 Å². The van der Waals surface area contributed by atoms with Crippen LogP contribution in [-0.4, -0.2) is 23.1 Å². The van der Waals surface area contributed by atoms with Crippen LogP contribution >= 0.6 is 11.6 Å². The number of hydrazone groups is 1. The molecule has 0 saturated heterocycles. The molecular formula is C23H20ClN3O5. The van der Waals surface area contributed by atoms with Gasteiger partial charge in [-0.1, -0.05) is 35.9 Å². The minimum Gasteiger partial charge on any atom is -0.489 e. The number of nitrogens with zero attached hydrogens (tertiary/aromatic N) is 2. The number of carbonyl (C=O) groups is 1. The van der Waals surface area contributed by atoms with Crippen LogP contribution in [0.25, 0.3) is 0 Å². The minimum atomic E-state index is -0.845. The first-order chi connectivity index (χ1) is 15.4. The molecule has 164 valence electrons. The molecule has 0 bridgehead atoms. The van der Waals surface area contributed by atoms with Gasteiger partial charge in [0.05, 0.1) is 11.1 Å². The fourth-order valence-corrected chi connectivity index (χ4v) is 2.72. The maximum Gasteiger partial charge on any atom is 0.280 e. The highest BCUT2D eigenvalue weighted by Crippen LogP contribution is 2.18. The first kappa shape index (κ1) is 22.8. The molecule has 0 aliphatic heterocycles. The van der Waals surface area contributed by atoms with E-state index in [0.29, 0.717) is 23.1 Å². The summed E-state index contributed by atoms with van der Waals surface area (Å²) in [6.07, 6.45) is 0.647. The zero-order chi connectivity index (χ0) is 22.9. The third kappa shape index (κ3) is 6.82. The molecule has 0 aliphatic carbocycles. The van der Waals surface area contributed by atoms with Crippen molar-refractivity contribution >= 4 is 29.4 Å². The van der Waals surface area contributed by atoms with Gasteiger partial charge in [-0.25, -0.2) is 5.43 Å². The fourth-order valence-electron chi connectivity index (χ4n) is 2.60. The van der Waals surface area contributed by atoms with E-state index in [4.69, 9.17) is 21.1 Å². The Balaban J connectivity index is 1.50. The van der Waals surface area contributed by atoms with Gasteiger partial charge in [-0.3, -0.25) is 14.9 Å². The first-order valence-corrected chi connectivity index (χ1v) is 10.00. The van der Waals surface area contributed by atoms with Crippen molar-refractivity contribution < 1.29 is 19.2 Å². The Hall–Kier alpha value is -3.91. The number of carbonyl (C=O) groups excluding carboxylic acids is 1. The monoisotopic (exact) mass is 453 g/mol. The van der Waals surface area contributed by atoms with E-state index in [1.54, 1.807) is 25.1 Å². The Morgan fingerprint density at radius 2 is 1.84 bits per heavy atom. The summed E-state index contributed by atoms with van der Waals surface area (Å²) in [5, 5.41) is 15.3. The minimum absolute atomic E-state index is 0.0570. The summed E-state index contributed by atoms with van der Waals surface area (Å²) >= 11 is 5.88. The second-order valence-corrected chi connectivity index (χ2v) is 7.17. The molecule has 0 aliphatic rings. The molecule has 0 heterocycles. The molecule has 3 rings (SSSR count). The number of amides is 1. The molecule has 32 heavy (non-hydrogen) atoms. The summed E-state index contributed by atoms with van der Waals surface area (Å²) in [5.74, 6) is 0.535. The Kier molecular flexibility index (Phi) is 7.77. The van der Waals surface area contributed by atoms with Crippen LogP contribution in [0.5, 0.6) is 11.5 Å². The van der Waals surface area contributed by atoms with Gasteiger partial charge < -0.3 is 9.47 Å². The molecule has 0 aromatic heterocycles. The van der Waals surface area contributed by atoms with E-state index in [2.05, 4.69) is 10.5 Å². The van der Waals surface area contributed by atoms with Gasteiger partial charge in [0, 0.05) is 17.2 Å².